The normalized spacial score (nSPS) is 11.9. The van der Waals surface area contributed by atoms with E-state index in [9.17, 15) is 20.0 Å². The van der Waals surface area contributed by atoms with Gasteiger partial charge in [0.15, 0.2) is 0 Å². The molecule has 1 aromatic rings. The minimum Gasteiger partial charge on any atom is -0.506 e. The highest BCUT2D eigenvalue weighted by atomic mass is 16.6. The van der Waals surface area contributed by atoms with E-state index in [0.29, 0.717) is 6.42 Å². The second kappa shape index (κ2) is 5.97. The van der Waals surface area contributed by atoms with E-state index in [4.69, 9.17) is 5.73 Å². The van der Waals surface area contributed by atoms with Gasteiger partial charge in [0, 0.05) is 12.1 Å². The largest absolute Gasteiger partial charge is 0.506 e. The Morgan fingerprint density at radius 3 is 2.83 bits per heavy atom. The first-order valence-electron chi connectivity index (χ1n) is 5.49. The number of nitro groups is 1. The second-order valence-corrected chi connectivity index (χ2v) is 3.84. The number of phenolic OH excluding ortho intramolecular Hbond substituents is 1. The number of carbonyl (C=O) groups is 1. The molecule has 0 unspecified atom stereocenters. The van der Waals surface area contributed by atoms with Crippen LogP contribution in [0.25, 0.3) is 0 Å². The van der Waals surface area contributed by atoms with E-state index in [1.165, 1.54) is 0 Å². The van der Waals surface area contributed by atoms with Crippen molar-refractivity contribution in [1.82, 2.24) is 0 Å². The van der Waals surface area contributed by atoms with Crippen molar-refractivity contribution in [2.45, 2.75) is 25.8 Å². The summed E-state index contributed by atoms with van der Waals surface area (Å²) in [4.78, 5) is 21.6. The van der Waals surface area contributed by atoms with E-state index in [1.54, 1.807) is 0 Å². The lowest BCUT2D eigenvalue weighted by atomic mass is 10.1. The van der Waals surface area contributed by atoms with Crippen molar-refractivity contribution in [3.05, 3.63) is 28.3 Å². The molecule has 4 N–H and O–H groups in total. The molecule has 1 aromatic carbocycles. The van der Waals surface area contributed by atoms with Gasteiger partial charge in [0.05, 0.1) is 16.7 Å². The summed E-state index contributed by atoms with van der Waals surface area (Å²) >= 11 is 0. The minimum atomic E-state index is -0.700. The van der Waals surface area contributed by atoms with E-state index >= 15 is 0 Å². The highest BCUT2D eigenvalue weighted by molar-refractivity contribution is 5.96. The van der Waals surface area contributed by atoms with Crippen molar-refractivity contribution in [3.8, 4) is 5.75 Å². The fourth-order valence-corrected chi connectivity index (χ4v) is 1.41. The first-order chi connectivity index (χ1) is 8.45. The van der Waals surface area contributed by atoms with Crippen molar-refractivity contribution >= 4 is 17.3 Å². The predicted octanol–water partition coefficient (Wildman–Crippen LogP) is 1.37. The maximum atomic E-state index is 11.6. The molecular weight excluding hydrogens is 238 g/mol. The van der Waals surface area contributed by atoms with E-state index < -0.39 is 16.9 Å². The summed E-state index contributed by atoms with van der Waals surface area (Å²) in [5, 5.41) is 22.4. The van der Waals surface area contributed by atoms with Crippen LogP contribution in [0.4, 0.5) is 11.4 Å². The molecule has 98 valence electrons. The number of nitro benzene ring substituents is 1. The Morgan fingerprint density at radius 1 is 1.61 bits per heavy atom. The zero-order valence-electron chi connectivity index (χ0n) is 9.92. The van der Waals surface area contributed by atoms with Gasteiger partial charge in [-0.25, -0.2) is 0 Å². The first-order valence-corrected chi connectivity index (χ1v) is 5.49. The number of carbonyl (C=O) groups excluding carboxylic acids is 1. The lowest BCUT2D eigenvalue weighted by Crippen LogP contribution is -2.35. The van der Waals surface area contributed by atoms with E-state index in [-0.39, 0.29) is 17.1 Å². The van der Waals surface area contributed by atoms with Gasteiger partial charge in [-0.1, -0.05) is 13.3 Å². The summed E-state index contributed by atoms with van der Waals surface area (Å²) in [6.07, 6.45) is 1.25. The maximum absolute atomic E-state index is 11.6. The molecule has 1 rings (SSSR count). The van der Waals surface area contributed by atoms with Crippen LogP contribution in [0, 0.1) is 10.1 Å². The van der Waals surface area contributed by atoms with Gasteiger partial charge in [-0.05, 0) is 12.5 Å². The molecule has 18 heavy (non-hydrogen) atoms. The van der Waals surface area contributed by atoms with E-state index in [2.05, 4.69) is 5.32 Å². The highest BCUT2D eigenvalue weighted by Crippen LogP contribution is 2.27. The molecule has 0 aliphatic heterocycles. The molecule has 7 nitrogen and oxygen atoms in total. The number of non-ortho nitro benzene ring substituents is 1. The SMILES string of the molecule is CCC[C@@H](N)C(=O)Nc1cc([N+](=O)[O-])ccc1O. The molecule has 1 amide bonds. The molecule has 0 fully saturated rings. The second-order valence-electron chi connectivity index (χ2n) is 3.84. The van der Waals surface area contributed by atoms with Crippen LogP contribution in [-0.2, 0) is 4.79 Å². The van der Waals surface area contributed by atoms with Crippen molar-refractivity contribution in [1.29, 1.82) is 0 Å². The fraction of sp³-hybridized carbons (Fsp3) is 0.364. The van der Waals surface area contributed by atoms with Crippen molar-refractivity contribution in [3.63, 3.8) is 0 Å². The van der Waals surface area contributed by atoms with Gasteiger partial charge >= 0.3 is 0 Å². The zero-order chi connectivity index (χ0) is 13.7. The molecule has 0 aromatic heterocycles. The number of hydrogen-bond donors (Lipinski definition) is 3. The molecule has 7 heteroatoms. The van der Waals surface area contributed by atoms with Gasteiger partial charge in [0.2, 0.25) is 5.91 Å². The molecular formula is C11H15N3O4. The maximum Gasteiger partial charge on any atom is 0.271 e. The van der Waals surface area contributed by atoms with Gasteiger partial charge in [0.25, 0.3) is 5.69 Å². The summed E-state index contributed by atoms with van der Waals surface area (Å²) < 4.78 is 0. The smallest absolute Gasteiger partial charge is 0.271 e. The molecule has 0 bridgehead atoms. The number of anilines is 1. The topological polar surface area (TPSA) is 118 Å². The monoisotopic (exact) mass is 253 g/mol. The molecule has 0 radical (unpaired) electrons. The van der Waals surface area contributed by atoms with Crippen molar-refractivity contribution in [2.75, 3.05) is 5.32 Å². The van der Waals surface area contributed by atoms with Crippen LogP contribution in [0.5, 0.6) is 5.75 Å². The van der Waals surface area contributed by atoms with Crippen LogP contribution in [0.1, 0.15) is 19.8 Å². The van der Waals surface area contributed by atoms with Crippen LogP contribution in [0.2, 0.25) is 0 Å². The van der Waals surface area contributed by atoms with Crippen LogP contribution >= 0.6 is 0 Å². The third kappa shape index (κ3) is 3.42. The van der Waals surface area contributed by atoms with Gasteiger partial charge < -0.3 is 16.2 Å². The van der Waals surface area contributed by atoms with Crippen LogP contribution in [0.3, 0.4) is 0 Å². The number of aromatic hydroxyl groups is 1. The van der Waals surface area contributed by atoms with Gasteiger partial charge in [-0.15, -0.1) is 0 Å². The van der Waals surface area contributed by atoms with Gasteiger partial charge in [0.1, 0.15) is 5.75 Å². The summed E-state index contributed by atoms with van der Waals surface area (Å²) in [5.74, 6) is -0.717. The Balaban J connectivity index is 2.86. The number of rotatable bonds is 5. The summed E-state index contributed by atoms with van der Waals surface area (Å²) in [6, 6.07) is 2.69. The molecule has 1 atom stereocenters. The van der Waals surface area contributed by atoms with Crippen molar-refractivity contribution in [2.24, 2.45) is 5.73 Å². The molecule has 0 aliphatic rings. The minimum absolute atomic E-state index is 0.0132. The van der Waals surface area contributed by atoms with Crippen molar-refractivity contribution < 1.29 is 14.8 Å². The Labute approximate surface area is 104 Å². The molecule has 0 heterocycles. The number of benzene rings is 1. The summed E-state index contributed by atoms with van der Waals surface area (Å²) in [5.41, 5.74) is 5.37. The van der Waals surface area contributed by atoms with E-state index in [1.807, 2.05) is 6.92 Å². The molecule has 0 aliphatic carbocycles. The Morgan fingerprint density at radius 2 is 2.28 bits per heavy atom. The Kier molecular flexibility index (Phi) is 4.61. The third-order valence-electron chi connectivity index (χ3n) is 2.39. The predicted molar refractivity (Wildman–Crippen MR) is 66.3 cm³/mol. The number of nitrogens with two attached hydrogens (primary N) is 1. The summed E-state index contributed by atoms with van der Waals surface area (Å²) in [6.45, 7) is 1.89. The quantitative estimate of drug-likeness (QED) is 0.416. The Hall–Kier alpha value is -2.15. The Bertz CT molecular complexity index is 462. The lowest BCUT2D eigenvalue weighted by Gasteiger charge is -2.11. The number of phenols is 1. The van der Waals surface area contributed by atoms with Crippen LogP contribution < -0.4 is 11.1 Å². The average Bonchev–Trinajstić information content (AvgIpc) is 2.31. The third-order valence-corrected chi connectivity index (χ3v) is 2.39. The van der Waals surface area contributed by atoms with Gasteiger partial charge in [-0.3, -0.25) is 14.9 Å². The zero-order valence-corrected chi connectivity index (χ0v) is 9.92. The van der Waals surface area contributed by atoms with Crippen LogP contribution in [-0.4, -0.2) is 22.0 Å². The fourth-order valence-electron chi connectivity index (χ4n) is 1.41. The van der Waals surface area contributed by atoms with Crippen LogP contribution in [0.15, 0.2) is 18.2 Å². The van der Waals surface area contributed by atoms with Gasteiger partial charge in [-0.2, -0.15) is 0 Å². The molecule has 0 saturated carbocycles. The number of nitrogens with zero attached hydrogens (tertiary/aromatic N) is 1. The first kappa shape index (κ1) is 13.9. The highest BCUT2D eigenvalue weighted by Gasteiger charge is 2.16. The number of hydrogen-bond acceptors (Lipinski definition) is 5. The lowest BCUT2D eigenvalue weighted by molar-refractivity contribution is -0.384. The number of amides is 1. The average molecular weight is 253 g/mol. The van der Waals surface area contributed by atoms with E-state index in [0.717, 1.165) is 24.6 Å². The molecule has 0 spiro atoms. The molecule has 0 saturated heterocycles. The standard InChI is InChI=1S/C11H15N3O4/c1-2-3-8(12)11(16)13-9-6-7(14(17)18)4-5-10(9)15/h4-6,8,15H,2-3,12H2,1H3,(H,13,16)/t8-/m1/s1. The summed E-state index contributed by atoms with van der Waals surface area (Å²) in [7, 11) is 0. The number of nitrogens with one attached hydrogen (secondary N) is 1.